The monoisotopic (exact) mass is 411 g/mol. The summed E-state index contributed by atoms with van der Waals surface area (Å²) in [6.45, 7) is 0. The minimum Gasteiger partial charge on any atom is -0.465 e. The number of carbonyl (C=O) groups excluding carboxylic acids is 1. The summed E-state index contributed by atoms with van der Waals surface area (Å²) in [6.07, 6.45) is 0. The highest BCUT2D eigenvalue weighted by molar-refractivity contribution is 8.93. The summed E-state index contributed by atoms with van der Waals surface area (Å²) in [6, 6.07) is 4.37. The van der Waals surface area contributed by atoms with Crippen molar-refractivity contribution in [3.8, 4) is 0 Å². The van der Waals surface area contributed by atoms with Crippen LogP contribution in [-0.4, -0.2) is 45.1 Å². The van der Waals surface area contributed by atoms with Gasteiger partial charge in [0.05, 0.1) is 17.6 Å². The average molecular weight is 412 g/mol. The minimum atomic E-state index is -3.72. The molecule has 0 aliphatic heterocycles. The summed E-state index contributed by atoms with van der Waals surface area (Å²) in [5, 5.41) is 7.08. The van der Waals surface area contributed by atoms with Gasteiger partial charge in [-0.25, -0.2) is 17.5 Å². The lowest BCUT2D eigenvalue weighted by Gasteiger charge is -2.17. The maximum absolute atomic E-state index is 12.3. The lowest BCUT2D eigenvalue weighted by molar-refractivity contribution is 0.0599. The molecule has 0 bridgehead atoms. The molecule has 7 nitrogen and oxygen atoms in total. The van der Waals surface area contributed by atoms with Gasteiger partial charge in [-0.1, -0.05) is 17.8 Å². The van der Waals surface area contributed by atoms with E-state index in [1.807, 2.05) is 0 Å². The Kier molecular flexibility index (Phi) is 8.09. The second kappa shape index (κ2) is 8.51. The zero-order valence-corrected chi connectivity index (χ0v) is 15.7. The van der Waals surface area contributed by atoms with Gasteiger partial charge in [-0.2, -0.15) is 0 Å². The minimum absolute atomic E-state index is 0. The fraction of sp³-hybridized carbons (Fsp3) is 0.333. The largest absolute Gasteiger partial charge is 0.465 e. The van der Waals surface area contributed by atoms with E-state index in [2.05, 4.69) is 4.74 Å². The van der Waals surface area contributed by atoms with Crippen LogP contribution in [0.25, 0.3) is 0 Å². The maximum atomic E-state index is 12.3. The number of nitrogens with zero attached hydrogens (tertiary/aromatic N) is 1. The van der Waals surface area contributed by atoms with Crippen molar-refractivity contribution in [3.05, 3.63) is 29.3 Å². The van der Waals surface area contributed by atoms with Crippen LogP contribution in [0, 0.1) is 5.41 Å². The van der Waals surface area contributed by atoms with Crippen LogP contribution >= 0.6 is 28.7 Å². The van der Waals surface area contributed by atoms with Gasteiger partial charge in [0.15, 0.2) is 5.17 Å². The molecule has 0 saturated heterocycles. The highest BCUT2D eigenvalue weighted by Gasteiger charge is 2.25. The van der Waals surface area contributed by atoms with Gasteiger partial charge in [0.2, 0.25) is 10.0 Å². The van der Waals surface area contributed by atoms with Gasteiger partial charge < -0.3 is 10.5 Å². The highest BCUT2D eigenvalue weighted by atomic mass is 79.9. The first-order valence-electron chi connectivity index (χ1n) is 5.81. The van der Waals surface area contributed by atoms with E-state index in [4.69, 9.17) is 11.1 Å². The van der Waals surface area contributed by atoms with Crippen molar-refractivity contribution in [1.82, 2.24) is 4.31 Å². The molecule has 0 unspecified atom stereocenters. The number of hydrogen-bond acceptors (Lipinski definition) is 6. The molecule has 0 fully saturated rings. The first-order chi connectivity index (χ1) is 9.71. The Hall–Kier alpha value is -1.10. The van der Waals surface area contributed by atoms with E-state index in [0.717, 1.165) is 16.1 Å². The van der Waals surface area contributed by atoms with E-state index < -0.39 is 16.0 Å². The Morgan fingerprint density at radius 3 is 2.45 bits per heavy atom. The molecule has 0 aliphatic rings. The van der Waals surface area contributed by atoms with Crippen molar-refractivity contribution in [2.24, 2.45) is 5.73 Å². The van der Waals surface area contributed by atoms with Crippen molar-refractivity contribution in [1.29, 1.82) is 5.41 Å². The molecule has 0 aliphatic carbocycles. The van der Waals surface area contributed by atoms with Crippen LogP contribution in [0.2, 0.25) is 0 Å². The standard InChI is InChI=1S/C12H17N3O4S2.BrH/c1-15(2)21(17,18)10-6-4-5-8(11(16)19-3)9(10)7-20-12(13)14;/h4-6H,7H2,1-3H3,(H3,13,14);1H. The predicted molar refractivity (Wildman–Crippen MR) is 92.2 cm³/mol. The van der Waals surface area contributed by atoms with Crippen LogP contribution in [-0.2, 0) is 20.5 Å². The molecule has 3 N–H and O–H groups in total. The first-order valence-corrected chi connectivity index (χ1v) is 8.24. The van der Waals surface area contributed by atoms with Gasteiger partial charge in [0.1, 0.15) is 0 Å². The first kappa shape index (κ1) is 20.9. The Balaban J connectivity index is 0.00000441. The number of sulfonamides is 1. The zero-order valence-electron chi connectivity index (χ0n) is 12.3. The molecule has 0 saturated carbocycles. The molecule has 10 heteroatoms. The second-order valence-electron chi connectivity index (χ2n) is 4.21. The second-order valence-corrected chi connectivity index (χ2v) is 7.35. The van der Waals surface area contributed by atoms with Crippen LogP contribution < -0.4 is 5.73 Å². The molecule has 22 heavy (non-hydrogen) atoms. The van der Waals surface area contributed by atoms with Crippen molar-refractivity contribution >= 4 is 49.9 Å². The number of thioether (sulfide) groups is 1. The number of halogens is 1. The Bertz CT molecular complexity index is 662. The quantitative estimate of drug-likeness (QED) is 0.430. The maximum Gasteiger partial charge on any atom is 0.338 e. The number of hydrogen-bond donors (Lipinski definition) is 2. The van der Waals surface area contributed by atoms with Crippen molar-refractivity contribution < 1.29 is 17.9 Å². The van der Waals surface area contributed by atoms with E-state index in [0.29, 0.717) is 0 Å². The Labute approximate surface area is 144 Å². The van der Waals surface area contributed by atoms with E-state index in [1.165, 1.54) is 39.4 Å². The molecule has 0 amide bonds. The van der Waals surface area contributed by atoms with E-state index in [9.17, 15) is 13.2 Å². The number of ether oxygens (including phenoxy) is 1. The van der Waals surface area contributed by atoms with Crippen LogP contribution in [0.4, 0.5) is 0 Å². The SMILES string of the molecule is Br.COC(=O)c1cccc(S(=O)(=O)N(C)C)c1CSC(=N)N. The van der Waals surface area contributed by atoms with Gasteiger partial charge in [-0.05, 0) is 17.7 Å². The van der Waals surface area contributed by atoms with E-state index in [-0.39, 0.29) is 43.9 Å². The number of esters is 1. The number of nitrogens with one attached hydrogen (secondary N) is 1. The molecule has 1 rings (SSSR count). The fourth-order valence-corrected chi connectivity index (χ4v) is 3.44. The number of methoxy groups -OCH3 is 1. The summed E-state index contributed by atoms with van der Waals surface area (Å²) >= 11 is 0.939. The fourth-order valence-electron chi connectivity index (χ4n) is 1.60. The molecule has 0 radical (unpaired) electrons. The number of benzene rings is 1. The average Bonchev–Trinajstić information content (AvgIpc) is 2.43. The number of nitrogens with two attached hydrogens (primary N) is 1. The van der Waals surface area contributed by atoms with E-state index >= 15 is 0 Å². The third-order valence-electron chi connectivity index (χ3n) is 2.67. The van der Waals surface area contributed by atoms with Crippen molar-refractivity contribution in [3.63, 3.8) is 0 Å². The van der Waals surface area contributed by atoms with Gasteiger partial charge in [0.25, 0.3) is 0 Å². The molecule has 0 spiro atoms. The van der Waals surface area contributed by atoms with Crippen LogP contribution in [0.15, 0.2) is 23.1 Å². The molecule has 0 aromatic heterocycles. The molecule has 1 aromatic rings. The third kappa shape index (κ3) is 4.70. The molecular weight excluding hydrogens is 394 g/mol. The highest BCUT2D eigenvalue weighted by Crippen LogP contribution is 2.26. The summed E-state index contributed by atoms with van der Waals surface area (Å²) in [5.41, 5.74) is 5.71. The summed E-state index contributed by atoms with van der Waals surface area (Å²) in [5.74, 6) is -0.548. The lowest BCUT2D eigenvalue weighted by atomic mass is 10.1. The molecular formula is C12H18BrN3O4S2. The zero-order chi connectivity index (χ0) is 16.2. The normalized spacial score (nSPS) is 10.9. The van der Waals surface area contributed by atoms with Crippen molar-refractivity contribution in [2.75, 3.05) is 21.2 Å². The molecule has 0 atom stereocenters. The lowest BCUT2D eigenvalue weighted by Crippen LogP contribution is -2.24. The topological polar surface area (TPSA) is 114 Å². The summed E-state index contributed by atoms with van der Waals surface area (Å²) in [7, 11) is 0.310. The van der Waals surface area contributed by atoms with Gasteiger partial charge in [0, 0.05) is 19.8 Å². The molecule has 124 valence electrons. The Morgan fingerprint density at radius 1 is 1.41 bits per heavy atom. The van der Waals surface area contributed by atoms with Crippen molar-refractivity contribution in [2.45, 2.75) is 10.6 Å². The van der Waals surface area contributed by atoms with Gasteiger partial charge in [-0.3, -0.25) is 5.41 Å². The molecule has 0 heterocycles. The predicted octanol–water partition coefficient (Wildman–Crippen LogP) is 1.43. The smallest absolute Gasteiger partial charge is 0.338 e. The van der Waals surface area contributed by atoms with Gasteiger partial charge in [-0.15, -0.1) is 17.0 Å². The van der Waals surface area contributed by atoms with Crippen LogP contribution in [0.5, 0.6) is 0 Å². The number of amidine groups is 1. The number of rotatable bonds is 5. The Morgan fingerprint density at radius 2 is 2.00 bits per heavy atom. The summed E-state index contributed by atoms with van der Waals surface area (Å²) in [4.78, 5) is 11.8. The number of carbonyl (C=O) groups is 1. The van der Waals surface area contributed by atoms with Crippen LogP contribution in [0.3, 0.4) is 0 Å². The molecule has 1 aromatic carbocycles. The van der Waals surface area contributed by atoms with Gasteiger partial charge >= 0.3 is 5.97 Å². The van der Waals surface area contributed by atoms with Crippen LogP contribution in [0.1, 0.15) is 15.9 Å². The van der Waals surface area contributed by atoms with E-state index in [1.54, 1.807) is 0 Å². The summed E-state index contributed by atoms with van der Waals surface area (Å²) < 4.78 is 30.4. The third-order valence-corrected chi connectivity index (χ3v) is 5.31.